The molecule has 2 aliphatic rings. The van der Waals surface area contributed by atoms with Crippen LogP contribution >= 0.6 is 0 Å². The minimum atomic E-state index is -0.760. The Labute approximate surface area is 212 Å². The van der Waals surface area contributed by atoms with Crippen molar-refractivity contribution in [2.24, 2.45) is 5.92 Å². The number of carbonyl (C=O) groups is 3. The van der Waals surface area contributed by atoms with Gasteiger partial charge in [0, 0.05) is 31.4 Å². The number of nitrogens with zero attached hydrogens (tertiary/aromatic N) is 2. The predicted octanol–water partition coefficient (Wildman–Crippen LogP) is 2.88. The molecule has 2 unspecified atom stereocenters. The first kappa shape index (κ1) is 27.3. The second-order valence-electron chi connectivity index (χ2n) is 8.68. The number of ether oxygens (including phenoxy) is 4. The van der Waals surface area contributed by atoms with Gasteiger partial charge in [-0.2, -0.15) is 0 Å². The Kier molecular flexibility index (Phi) is 9.58. The molecule has 10 nitrogen and oxygen atoms in total. The molecule has 1 aromatic carbocycles. The molecule has 2 amide bonds. The molecule has 1 aromatic rings. The summed E-state index contributed by atoms with van der Waals surface area (Å²) in [6.07, 6.45) is 1.57. The molecule has 2 aliphatic heterocycles. The molecular formula is C26H37N3O7. The Hall–Kier alpha value is -3.27. The maximum atomic E-state index is 13.4. The van der Waals surface area contributed by atoms with E-state index < -0.39 is 12.0 Å². The van der Waals surface area contributed by atoms with Gasteiger partial charge in [-0.3, -0.25) is 14.6 Å². The van der Waals surface area contributed by atoms with E-state index in [1.54, 1.807) is 51.2 Å². The third-order valence-electron chi connectivity index (χ3n) is 6.46. The summed E-state index contributed by atoms with van der Waals surface area (Å²) in [6, 6.07) is 4.19. The summed E-state index contributed by atoms with van der Waals surface area (Å²) >= 11 is 0. The molecule has 0 aliphatic carbocycles. The predicted molar refractivity (Wildman–Crippen MR) is 133 cm³/mol. The van der Waals surface area contributed by atoms with Crippen molar-refractivity contribution in [3.8, 4) is 11.5 Å². The van der Waals surface area contributed by atoms with Crippen molar-refractivity contribution in [2.45, 2.75) is 39.7 Å². The Morgan fingerprint density at radius 3 is 2.28 bits per heavy atom. The van der Waals surface area contributed by atoms with Crippen LogP contribution in [-0.2, 0) is 19.1 Å². The summed E-state index contributed by atoms with van der Waals surface area (Å²) in [7, 11) is 3.08. The fraction of sp³-hybridized carbons (Fsp3) is 0.577. The lowest BCUT2D eigenvalue weighted by Crippen LogP contribution is -2.51. The van der Waals surface area contributed by atoms with Crippen LogP contribution in [0, 0.1) is 5.92 Å². The van der Waals surface area contributed by atoms with Crippen LogP contribution < -0.4 is 14.8 Å². The quantitative estimate of drug-likeness (QED) is 0.486. The molecule has 1 N–H and O–H groups in total. The first-order chi connectivity index (χ1) is 17.4. The van der Waals surface area contributed by atoms with Crippen molar-refractivity contribution in [2.75, 3.05) is 53.6 Å². The number of amides is 2. The highest BCUT2D eigenvalue weighted by Gasteiger charge is 2.39. The molecule has 1 saturated heterocycles. The standard InChI is InChI=1S/C26H37N3O7/c1-6-29-21(16-28-11-9-10-17(15-28)24(30)35-7-2)22(25(31)36-8-3)23(27-26(29)32)18-12-19(33-4)14-20(13-18)34-5/h12-14,17,23H,6-11,15-16H2,1-5H3,(H,27,32). The number of benzene rings is 1. The number of rotatable bonds is 10. The van der Waals surface area contributed by atoms with Crippen molar-refractivity contribution in [1.29, 1.82) is 0 Å². The first-order valence-electron chi connectivity index (χ1n) is 12.5. The van der Waals surface area contributed by atoms with Gasteiger partial charge in [-0.1, -0.05) is 0 Å². The van der Waals surface area contributed by atoms with Gasteiger partial charge in [0.15, 0.2) is 0 Å². The van der Waals surface area contributed by atoms with E-state index in [0.717, 1.165) is 19.4 Å². The summed E-state index contributed by atoms with van der Waals surface area (Å²) in [5, 5.41) is 2.96. The monoisotopic (exact) mass is 503 g/mol. The second-order valence-corrected chi connectivity index (χ2v) is 8.68. The summed E-state index contributed by atoms with van der Waals surface area (Å²) in [5.41, 5.74) is 1.56. The lowest BCUT2D eigenvalue weighted by atomic mass is 9.92. The van der Waals surface area contributed by atoms with E-state index in [4.69, 9.17) is 18.9 Å². The molecule has 10 heteroatoms. The zero-order chi connectivity index (χ0) is 26.2. The fourth-order valence-corrected chi connectivity index (χ4v) is 4.77. The van der Waals surface area contributed by atoms with E-state index in [9.17, 15) is 14.4 Å². The van der Waals surface area contributed by atoms with E-state index in [0.29, 0.717) is 54.6 Å². The second kappa shape index (κ2) is 12.6. The maximum absolute atomic E-state index is 13.4. The molecule has 0 radical (unpaired) electrons. The number of esters is 2. The van der Waals surface area contributed by atoms with Gasteiger partial charge in [0.25, 0.3) is 0 Å². The van der Waals surface area contributed by atoms with E-state index in [1.165, 1.54) is 0 Å². The molecular weight excluding hydrogens is 466 g/mol. The van der Waals surface area contributed by atoms with E-state index in [1.807, 2.05) is 6.92 Å². The number of likely N-dealkylation sites (N-methyl/N-ethyl adjacent to an activating group) is 1. The SMILES string of the molecule is CCOC(=O)C1=C(CN2CCCC(C(=O)OCC)C2)N(CC)C(=O)NC1c1cc(OC)cc(OC)c1. The number of carbonyl (C=O) groups excluding carboxylic acids is 3. The lowest BCUT2D eigenvalue weighted by Gasteiger charge is -2.39. The number of likely N-dealkylation sites (tertiary alicyclic amines) is 1. The third kappa shape index (κ3) is 6.10. The number of hydrogen-bond donors (Lipinski definition) is 1. The van der Waals surface area contributed by atoms with Crippen LogP contribution in [0.1, 0.15) is 45.2 Å². The molecule has 2 heterocycles. The molecule has 2 atom stereocenters. The average molecular weight is 504 g/mol. The Bertz CT molecular complexity index is 971. The number of piperidine rings is 1. The van der Waals surface area contributed by atoms with Gasteiger partial charge in [-0.05, 0) is 57.9 Å². The smallest absolute Gasteiger partial charge is 0.338 e. The number of methoxy groups -OCH3 is 2. The van der Waals surface area contributed by atoms with Gasteiger partial charge >= 0.3 is 18.0 Å². The van der Waals surface area contributed by atoms with E-state index in [-0.39, 0.29) is 24.5 Å². The van der Waals surface area contributed by atoms with Gasteiger partial charge in [0.1, 0.15) is 11.5 Å². The zero-order valence-electron chi connectivity index (χ0n) is 21.8. The fourth-order valence-electron chi connectivity index (χ4n) is 4.77. The van der Waals surface area contributed by atoms with Crippen LogP contribution in [0.2, 0.25) is 0 Å². The zero-order valence-corrected chi connectivity index (χ0v) is 21.8. The number of nitrogens with one attached hydrogen (secondary N) is 1. The van der Waals surface area contributed by atoms with Gasteiger partial charge in [-0.15, -0.1) is 0 Å². The lowest BCUT2D eigenvalue weighted by molar-refractivity contribution is -0.150. The van der Waals surface area contributed by atoms with Crippen LogP contribution in [0.3, 0.4) is 0 Å². The number of hydrogen-bond acceptors (Lipinski definition) is 8. The minimum absolute atomic E-state index is 0.193. The largest absolute Gasteiger partial charge is 0.497 e. The normalized spacial score (nSPS) is 20.6. The van der Waals surface area contributed by atoms with E-state index in [2.05, 4.69) is 10.2 Å². The first-order valence-corrected chi connectivity index (χ1v) is 12.5. The van der Waals surface area contributed by atoms with Gasteiger partial charge in [0.05, 0.1) is 45.0 Å². The molecule has 1 fully saturated rings. The molecule has 0 aromatic heterocycles. The molecule has 0 saturated carbocycles. The highest BCUT2D eigenvalue weighted by Crippen LogP contribution is 2.36. The summed E-state index contributed by atoms with van der Waals surface area (Å²) in [5.74, 6) is 0.119. The molecule has 36 heavy (non-hydrogen) atoms. The summed E-state index contributed by atoms with van der Waals surface area (Å²) in [6.45, 7) is 7.85. The maximum Gasteiger partial charge on any atom is 0.338 e. The summed E-state index contributed by atoms with van der Waals surface area (Å²) in [4.78, 5) is 42.6. The highest BCUT2D eigenvalue weighted by atomic mass is 16.5. The van der Waals surface area contributed by atoms with Crippen LogP contribution in [0.4, 0.5) is 4.79 Å². The van der Waals surface area contributed by atoms with Crippen LogP contribution in [0.15, 0.2) is 29.5 Å². The van der Waals surface area contributed by atoms with Crippen LogP contribution in [0.5, 0.6) is 11.5 Å². The number of urea groups is 1. The Morgan fingerprint density at radius 1 is 1.03 bits per heavy atom. The third-order valence-corrected chi connectivity index (χ3v) is 6.46. The van der Waals surface area contributed by atoms with Gasteiger partial charge < -0.3 is 24.3 Å². The summed E-state index contributed by atoms with van der Waals surface area (Å²) < 4.78 is 21.5. The minimum Gasteiger partial charge on any atom is -0.497 e. The van der Waals surface area contributed by atoms with Crippen molar-refractivity contribution >= 4 is 18.0 Å². The molecule has 198 valence electrons. The Morgan fingerprint density at radius 2 is 1.69 bits per heavy atom. The molecule has 3 rings (SSSR count). The molecule has 0 spiro atoms. The van der Waals surface area contributed by atoms with Gasteiger partial charge in [0.2, 0.25) is 0 Å². The Balaban J connectivity index is 2.06. The average Bonchev–Trinajstić information content (AvgIpc) is 2.88. The van der Waals surface area contributed by atoms with E-state index >= 15 is 0 Å². The van der Waals surface area contributed by atoms with Crippen LogP contribution in [0.25, 0.3) is 0 Å². The van der Waals surface area contributed by atoms with Crippen LogP contribution in [-0.4, -0.2) is 81.4 Å². The highest BCUT2D eigenvalue weighted by molar-refractivity contribution is 5.95. The van der Waals surface area contributed by atoms with Crippen molar-refractivity contribution in [3.63, 3.8) is 0 Å². The van der Waals surface area contributed by atoms with Gasteiger partial charge in [-0.25, -0.2) is 9.59 Å². The van der Waals surface area contributed by atoms with Crippen molar-refractivity contribution < 1.29 is 33.3 Å². The van der Waals surface area contributed by atoms with Crippen molar-refractivity contribution in [3.05, 3.63) is 35.0 Å². The molecule has 0 bridgehead atoms. The topological polar surface area (TPSA) is 107 Å². The van der Waals surface area contributed by atoms with Crippen molar-refractivity contribution in [1.82, 2.24) is 15.1 Å².